The number of Topliss-reactive ketones (excluding diaryl/α,β-unsaturated/α-hetero) is 1. The van der Waals surface area contributed by atoms with Crippen molar-refractivity contribution >= 4 is 17.8 Å². The Bertz CT molecular complexity index is 481. The van der Waals surface area contributed by atoms with E-state index < -0.39 is 0 Å². The van der Waals surface area contributed by atoms with Gasteiger partial charge in [0.05, 0.1) is 0 Å². The smallest absolute Gasteiger partial charge is 0.246 e. The molecular weight excluding hydrogens is 226 g/mol. The summed E-state index contributed by atoms with van der Waals surface area (Å²) in [7, 11) is 0. The molecule has 0 radical (unpaired) electrons. The van der Waals surface area contributed by atoms with E-state index in [1.807, 2.05) is 37.3 Å². The highest BCUT2D eigenvalue weighted by Crippen LogP contribution is 2.09. The van der Waals surface area contributed by atoms with Gasteiger partial charge in [0, 0.05) is 32.0 Å². The van der Waals surface area contributed by atoms with Gasteiger partial charge < -0.3 is 4.90 Å². The fraction of sp³-hybridized carbons (Fsp3) is 0.333. The highest BCUT2D eigenvalue weighted by atomic mass is 16.2. The first-order chi connectivity index (χ1) is 8.65. The zero-order valence-corrected chi connectivity index (χ0v) is 10.6. The summed E-state index contributed by atoms with van der Waals surface area (Å²) in [6.45, 7) is 3.13. The van der Waals surface area contributed by atoms with Crippen molar-refractivity contribution in [1.29, 1.82) is 0 Å². The van der Waals surface area contributed by atoms with Gasteiger partial charge in [0.1, 0.15) is 5.78 Å². The fourth-order valence-electron chi connectivity index (χ4n) is 2.02. The lowest BCUT2D eigenvalue weighted by Crippen LogP contribution is -2.37. The molecule has 94 valence electrons. The lowest BCUT2D eigenvalue weighted by Gasteiger charge is -2.24. The van der Waals surface area contributed by atoms with Crippen LogP contribution in [-0.2, 0) is 9.59 Å². The number of piperidine rings is 1. The lowest BCUT2D eigenvalue weighted by atomic mass is 10.1. The molecule has 1 fully saturated rings. The maximum Gasteiger partial charge on any atom is 0.246 e. The minimum Gasteiger partial charge on any atom is -0.338 e. The summed E-state index contributed by atoms with van der Waals surface area (Å²) in [6, 6.07) is 7.99. The van der Waals surface area contributed by atoms with Gasteiger partial charge >= 0.3 is 0 Å². The Morgan fingerprint density at radius 2 is 2.00 bits per heavy atom. The SMILES string of the molecule is Cc1cccc(/C=C/C(=O)N2CCC(=O)CC2)c1. The van der Waals surface area contributed by atoms with Crippen LogP contribution in [0.1, 0.15) is 24.0 Å². The van der Waals surface area contributed by atoms with Crippen molar-refractivity contribution < 1.29 is 9.59 Å². The van der Waals surface area contributed by atoms with Crippen molar-refractivity contribution in [3.8, 4) is 0 Å². The van der Waals surface area contributed by atoms with Gasteiger partial charge in [-0.3, -0.25) is 9.59 Å². The first-order valence-electron chi connectivity index (χ1n) is 6.20. The second kappa shape index (κ2) is 5.63. The summed E-state index contributed by atoms with van der Waals surface area (Å²) >= 11 is 0. The molecule has 1 aliphatic heterocycles. The highest BCUT2D eigenvalue weighted by molar-refractivity contribution is 5.93. The van der Waals surface area contributed by atoms with Crippen molar-refractivity contribution in [2.75, 3.05) is 13.1 Å². The van der Waals surface area contributed by atoms with Gasteiger partial charge in [-0.2, -0.15) is 0 Å². The van der Waals surface area contributed by atoms with Crippen LogP contribution in [0.5, 0.6) is 0 Å². The number of ketones is 1. The molecule has 1 aromatic carbocycles. The number of hydrogen-bond acceptors (Lipinski definition) is 2. The molecule has 1 saturated heterocycles. The number of aryl methyl sites for hydroxylation is 1. The van der Waals surface area contributed by atoms with E-state index in [1.54, 1.807) is 11.0 Å². The number of amides is 1. The van der Waals surface area contributed by atoms with Crippen molar-refractivity contribution in [2.45, 2.75) is 19.8 Å². The van der Waals surface area contributed by atoms with E-state index in [2.05, 4.69) is 0 Å². The zero-order valence-electron chi connectivity index (χ0n) is 10.6. The Morgan fingerprint density at radius 1 is 1.28 bits per heavy atom. The molecule has 0 aliphatic carbocycles. The average Bonchev–Trinajstić information content (AvgIpc) is 2.37. The summed E-state index contributed by atoms with van der Waals surface area (Å²) in [4.78, 5) is 24.7. The molecule has 0 N–H and O–H groups in total. The van der Waals surface area contributed by atoms with Gasteiger partial charge in [-0.15, -0.1) is 0 Å². The van der Waals surface area contributed by atoms with Crippen molar-refractivity contribution in [2.24, 2.45) is 0 Å². The van der Waals surface area contributed by atoms with Crippen molar-refractivity contribution in [3.63, 3.8) is 0 Å². The van der Waals surface area contributed by atoms with Crippen LogP contribution < -0.4 is 0 Å². The maximum absolute atomic E-state index is 11.9. The fourth-order valence-corrected chi connectivity index (χ4v) is 2.02. The van der Waals surface area contributed by atoms with Gasteiger partial charge in [-0.1, -0.05) is 29.8 Å². The van der Waals surface area contributed by atoms with Gasteiger partial charge in [-0.25, -0.2) is 0 Å². The quantitative estimate of drug-likeness (QED) is 0.747. The molecule has 1 heterocycles. The molecule has 0 atom stereocenters. The molecule has 0 bridgehead atoms. The minimum absolute atomic E-state index is 0.0102. The first-order valence-corrected chi connectivity index (χ1v) is 6.20. The monoisotopic (exact) mass is 243 g/mol. The van der Waals surface area contributed by atoms with E-state index in [0.717, 1.165) is 5.56 Å². The van der Waals surface area contributed by atoms with Gasteiger partial charge in [0.25, 0.3) is 0 Å². The third kappa shape index (κ3) is 3.29. The van der Waals surface area contributed by atoms with Gasteiger partial charge in [-0.05, 0) is 18.6 Å². The van der Waals surface area contributed by atoms with Crippen LogP contribution in [0, 0.1) is 6.92 Å². The Labute approximate surface area is 107 Å². The van der Waals surface area contributed by atoms with Crippen LogP contribution in [0.3, 0.4) is 0 Å². The predicted molar refractivity (Wildman–Crippen MR) is 71.0 cm³/mol. The highest BCUT2D eigenvalue weighted by Gasteiger charge is 2.18. The Hall–Kier alpha value is -1.90. The minimum atomic E-state index is -0.0102. The van der Waals surface area contributed by atoms with Crippen molar-refractivity contribution in [3.05, 3.63) is 41.5 Å². The third-order valence-corrected chi connectivity index (χ3v) is 3.09. The van der Waals surface area contributed by atoms with Gasteiger partial charge in [0.15, 0.2) is 0 Å². The molecule has 0 saturated carbocycles. The number of rotatable bonds is 2. The summed E-state index contributed by atoms with van der Waals surface area (Å²) in [5, 5.41) is 0. The molecule has 0 unspecified atom stereocenters. The molecule has 0 spiro atoms. The largest absolute Gasteiger partial charge is 0.338 e. The third-order valence-electron chi connectivity index (χ3n) is 3.09. The Kier molecular flexibility index (Phi) is 3.92. The van der Waals surface area contributed by atoms with Crippen molar-refractivity contribution in [1.82, 2.24) is 4.90 Å². The van der Waals surface area contributed by atoms with E-state index in [9.17, 15) is 9.59 Å². The average molecular weight is 243 g/mol. The maximum atomic E-state index is 11.9. The molecular formula is C15H17NO2. The van der Waals surface area contributed by atoms with E-state index in [4.69, 9.17) is 0 Å². The molecule has 3 heteroatoms. The zero-order chi connectivity index (χ0) is 13.0. The Balaban J connectivity index is 1.96. The van der Waals surface area contributed by atoms with Crippen LogP contribution >= 0.6 is 0 Å². The molecule has 1 aliphatic rings. The van der Waals surface area contributed by atoms with E-state index in [-0.39, 0.29) is 11.7 Å². The second-order valence-corrected chi connectivity index (χ2v) is 4.61. The number of carbonyl (C=O) groups is 2. The number of hydrogen-bond donors (Lipinski definition) is 0. The predicted octanol–water partition coefficient (Wildman–Crippen LogP) is 2.20. The van der Waals surface area contributed by atoms with E-state index in [1.165, 1.54) is 5.56 Å². The molecule has 1 amide bonds. The summed E-state index contributed by atoms with van der Waals surface area (Å²) in [5.41, 5.74) is 2.20. The topological polar surface area (TPSA) is 37.4 Å². The van der Waals surface area contributed by atoms with Crippen LogP contribution in [0.25, 0.3) is 6.08 Å². The summed E-state index contributed by atoms with van der Waals surface area (Å²) < 4.78 is 0. The normalized spacial score (nSPS) is 16.3. The lowest BCUT2D eigenvalue weighted by molar-refractivity contribution is -0.130. The van der Waals surface area contributed by atoms with Crippen LogP contribution in [0.15, 0.2) is 30.3 Å². The number of carbonyl (C=O) groups excluding carboxylic acids is 2. The standard InChI is InChI=1S/C15H17NO2/c1-12-3-2-4-13(11-12)5-6-15(18)16-9-7-14(17)8-10-16/h2-6,11H,7-10H2,1H3/b6-5+. The van der Waals surface area contributed by atoms with Gasteiger partial charge in [0.2, 0.25) is 5.91 Å². The Morgan fingerprint density at radius 3 is 2.67 bits per heavy atom. The summed E-state index contributed by atoms with van der Waals surface area (Å²) in [5.74, 6) is 0.241. The van der Waals surface area contributed by atoms with Crippen LogP contribution in [0.4, 0.5) is 0 Å². The van der Waals surface area contributed by atoms with Crippen LogP contribution in [0.2, 0.25) is 0 Å². The molecule has 18 heavy (non-hydrogen) atoms. The van der Waals surface area contributed by atoms with E-state index >= 15 is 0 Å². The number of likely N-dealkylation sites (tertiary alicyclic amines) is 1. The van der Waals surface area contributed by atoms with E-state index in [0.29, 0.717) is 25.9 Å². The summed E-state index contributed by atoms with van der Waals surface area (Å²) in [6.07, 6.45) is 4.39. The van der Waals surface area contributed by atoms with Crippen LogP contribution in [-0.4, -0.2) is 29.7 Å². The second-order valence-electron chi connectivity index (χ2n) is 4.61. The molecule has 2 rings (SSSR count). The first kappa shape index (κ1) is 12.6. The molecule has 3 nitrogen and oxygen atoms in total. The molecule has 1 aromatic rings. The molecule has 0 aromatic heterocycles. The number of nitrogens with zero attached hydrogens (tertiary/aromatic N) is 1. The number of benzene rings is 1.